The standard InChI is InChI=1S/C16H27N5O2/c1-5-7-8-9-11-21-12-13(18-15(21)17-10-6-2)19(3)16(23)20(4)14(12)22/h12H,5-11H2,1-4H3/p+1. The normalized spacial score (nSPS) is 21.0. The lowest BCUT2D eigenvalue weighted by Gasteiger charge is -2.31. The molecule has 23 heavy (non-hydrogen) atoms. The minimum Gasteiger partial charge on any atom is -0.275 e. The number of urea groups is 1. The van der Waals surface area contributed by atoms with Gasteiger partial charge in [-0.2, -0.15) is 0 Å². The highest BCUT2D eigenvalue weighted by molar-refractivity contribution is 6.22. The molecule has 1 fully saturated rings. The Kier molecular flexibility index (Phi) is 5.74. The zero-order valence-electron chi connectivity index (χ0n) is 14.6. The van der Waals surface area contributed by atoms with Crippen molar-refractivity contribution in [1.82, 2.24) is 15.1 Å². The van der Waals surface area contributed by atoms with Crippen LogP contribution >= 0.6 is 0 Å². The highest BCUT2D eigenvalue weighted by Crippen LogP contribution is 2.19. The summed E-state index contributed by atoms with van der Waals surface area (Å²) in [5.41, 5.74) is 0. The molecule has 0 aromatic heterocycles. The summed E-state index contributed by atoms with van der Waals surface area (Å²) in [5, 5.41) is 3.30. The van der Waals surface area contributed by atoms with Crippen LogP contribution in [0, 0.1) is 0 Å². The highest BCUT2D eigenvalue weighted by atomic mass is 16.2. The van der Waals surface area contributed by atoms with Gasteiger partial charge >= 0.3 is 12.0 Å². The van der Waals surface area contributed by atoms with Crippen molar-refractivity contribution in [2.24, 2.45) is 4.99 Å². The molecular weight excluding hydrogens is 294 g/mol. The number of hydrogen-bond donors (Lipinski definition) is 1. The van der Waals surface area contributed by atoms with Crippen molar-refractivity contribution in [2.45, 2.75) is 52.0 Å². The quantitative estimate of drug-likeness (QED) is 0.566. The summed E-state index contributed by atoms with van der Waals surface area (Å²) in [4.78, 5) is 31.9. The third kappa shape index (κ3) is 3.38. The van der Waals surface area contributed by atoms with Gasteiger partial charge in [0.05, 0.1) is 13.1 Å². The second-order valence-electron chi connectivity index (χ2n) is 6.12. The molecule has 2 heterocycles. The average Bonchev–Trinajstić information content (AvgIpc) is 2.91. The van der Waals surface area contributed by atoms with Gasteiger partial charge in [0.15, 0.2) is 0 Å². The maximum atomic E-state index is 12.6. The van der Waals surface area contributed by atoms with Crippen LogP contribution in [-0.4, -0.2) is 71.3 Å². The fraction of sp³-hybridized carbons (Fsp3) is 0.750. The van der Waals surface area contributed by atoms with Crippen LogP contribution in [-0.2, 0) is 4.79 Å². The van der Waals surface area contributed by atoms with Gasteiger partial charge in [-0.05, 0) is 12.8 Å². The molecule has 0 spiro atoms. The molecule has 128 valence electrons. The molecule has 0 aliphatic carbocycles. The maximum Gasteiger partial charge on any atom is 0.390 e. The summed E-state index contributed by atoms with van der Waals surface area (Å²) < 4.78 is 2.02. The fourth-order valence-corrected chi connectivity index (χ4v) is 2.92. The summed E-state index contributed by atoms with van der Waals surface area (Å²) in [6.07, 6.45) is 5.49. The lowest BCUT2D eigenvalue weighted by Crippen LogP contribution is -2.61. The van der Waals surface area contributed by atoms with Gasteiger partial charge in [0, 0.05) is 14.1 Å². The second kappa shape index (κ2) is 7.57. The Morgan fingerprint density at radius 1 is 1.09 bits per heavy atom. The summed E-state index contributed by atoms with van der Waals surface area (Å²) in [6.45, 7) is 5.83. The smallest absolute Gasteiger partial charge is 0.275 e. The van der Waals surface area contributed by atoms with Crippen LogP contribution in [0.5, 0.6) is 0 Å². The Balaban J connectivity index is 2.23. The van der Waals surface area contributed by atoms with Crippen molar-refractivity contribution in [1.29, 1.82) is 0 Å². The van der Waals surface area contributed by atoms with Crippen molar-refractivity contribution in [2.75, 3.05) is 27.2 Å². The predicted octanol–water partition coefficient (Wildman–Crippen LogP) is 1.24. The number of rotatable bonds is 7. The monoisotopic (exact) mass is 322 g/mol. The molecule has 0 aromatic rings. The van der Waals surface area contributed by atoms with E-state index >= 15 is 0 Å². The van der Waals surface area contributed by atoms with Crippen LogP contribution in [0.15, 0.2) is 4.99 Å². The topological polar surface area (TPSA) is 68.0 Å². The van der Waals surface area contributed by atoms with Gasteiger partial charge in [0.1, 0.15) is 0 Å². The van der Waals surface area contributed by atoms with Crippen molar-refractivity contribution in [3.05, 3.63) is 0 Å². The molecule has 1 atom stereocenters. The van der Waals surface area contributed by atoms with Crippen molar-refractivity contribution < 1.29 is 14.2 Å². The molecule has 2 aliphatic heterocycles. The first kappa shape index (κ1) is 17.4. The number of hydrogen-bond acceptors (Lipinski definition) is 4. The number of imide groups is 1. The summed E-state index contributed by atoms with van der Waals surface area (Å²) in [5.74, 6) is 1.05. The van der Waals surface area contributed by atoms with Crippen molar-refractivity contribution in [3.63, 3.8) is 0 Å². The highest BCUT2D eigenvalue weighted by Gasteiger charge is 2.51. The molecular formula is C16H28N5O2+. The maximum absolute atomic E-state index is 12.6. The summed E-state index contributed by atoms with van der Waals surface area (Å²) in [6, 6.07) is -0.809. The Morgan fingerprint density at radius 2 is 1.83 bits per heavy atom. The Bertz CT molecular complexity index is 541. The Hall–Kier alpha value is -1.92. The van der Waals surface area contributed by atoms with Gasteiger partial charge in [-0.1, -0.05) is 38.1 Å². The van der Waals surface area contributed by atoms with E-state index in [9.17, 15) is 9.59 Å². The predicted molar refractivity (Wildman–Crippen MR) is 89.7 cm³/mol. The number of unbranched alkanes of at least 4 members (excludes halogenated alkanes) is 3. The van der Waals surface area contributed by atoms with E-state index < -0.39 is 6.04 Å². The number of fused-ring (bicyclic) bond motifs is 1. The Morgan fingerprint density at radius 3 is 2.48 bits per heavy atom. The second-order valence-corrected chi connectivity index (χ2v) is 6.12. The van der Waals surface area contributed by atoms with Crippen molar-refractivity contribution in [3.8, 4) is 0 Å². The van der Waals surface area contributed by atoms with Gasteiger partial charge in [-0.25, -0.2) is 9.37 Å². The van der Waals surface area contributed by atoms with E-state index in [2.05, 4.69) is 24.2 Å². The van der Waals surface area contributed by atoms with Gasteiger partial charge in [0.2, 0.25) is 11.9 Å². The van der Waals surface area contributed by atoms with Crippen LogP contribution in [0.4, 0.5) is 4.79 Å². The Labute approximate surface area is 138 Å². The lowest BCUT2D eigenvalue weighted by atomic mass is 10.1. The van der Waals surface area contributed by atoms with Crippen LogP contribution in [0.2, 0.25) is 0 Å². The molecule has 1 unspecified atom stereocenters. The number of nitrogens with zero attached hydrogens (tertiary/aromatic N) is 4. The number of aliphatic imine (C=N–C) groups is 1. The van der Waals surface area contributed by atoms with Gasteiger partial charge < -0.3 is 0 Å². The molecule has 0 aromatic carbocycles. The third-order valence-corrected chi connectivity index (χ3v) is 4.32. The largest absolute Gasteiger partial charge is 0.390 e. The summed E-state index contributed by atoms with van der Waals surface area (Å²) >= 11 is 0. The molecule has 1 N–H and O–H groups in total. The number of amides is 3. The number of nitrogens with one attached hydrogen (secondary N) is 1. The molecule has 2 rings (SSSR count). The minimum absolute atomic E-state index is 0.198. The van der Waals surface area contributed by atoms with E-state index in [-0.39, 0.29) is 11.9 Å². The van der Waals surface area contributed by atoms with E-state index in [1.807, 2.05) is 4.58 Å². The minimum atomic E-state index is -0.483. The molecule has 7 nitrogen and oxygen atoms in total. The first-order valence-electron chi connectivity index (χ1n) is 8.54. The number of carbonyl (C=O) groups is 2. The lowest BCUT2D eigenvalue weighted by molar-refractivity contribution is -0.537. The average molecular weight is 322 g/mol. The zero-order valence-corrected chi connectivity index (χ0v) is 14.6. The number of guanidine groups is 1. The molecule has 7 heteroatoms. The van der Waals surface area contributed by atoms with E-state index in [4.69, 9.17) is 0 Å². The number of carbonyl (C=O) groups excluding carboxylic acids is 2. The zero-order chi connectivity index (χ0) is 17.0. The first-order chi connectivity index (χ1) is 11.0. The molecule has 0 saturated carbocycles. The first-order valence-corrected chi connectivity index (χ1v) is 8.54. The number of amidine groups is 1. The number of likely N-dealkylation sites (N-methyl/N-ethyl adjacent to an activating group) is 2. The van der Waals surface area contributed by atoms with Gasteiger partial charge in [-0.3, -0.25) is 19.9 Å². The molecule has 0 bridgehead atoms. The summed E-state index contributed by atoms with van der Waals surface area (Å²) in [7, 11) is 3.21. The van der Waals surface area contributed by atoms with Gasteiger partial charge in [0.25, 0.3) is 5.91 Å². The van der Waals surface area contributed by atoms with Crippen molar-refractivity contribution >= 4 is 23.7 Å². The van der Waals surface area contributed by atoms with E-state index in [0.717, 1.165) is 32.4 Å². The van der Waals surface area contributed by atoms with Crippen LogP contribution in [0.25, 0.3) is 0 Å². The van der Waals surface area contributed by atoms with E-state index in [1.165, 1.54) is 29.7 Å². The molecule has 2 aliphatic rings. The third-order valence-electron chi connectivity index (χ3n) is 4.32. The van der Waals surface area contributed by atoms with E-state index in [0.29, 0.717) is 11.8 Å². The van der Waals surface area contributed by atoms with E-state index in [1.54, 1.807) is 7.05 Å². The van der Waals surface area contributed by atoms with Gasteiger partial charge in [-0.15, -0.1) is 0 Å². The van der Waals surface area contributed by atoms with Crippen LogP contribution in [0.1, 0.15) is 46.0 Å². The fourth-order valence-electron chi connectivity index (χ4n) is 2.92. The SMILES string of the molecule is CCCCCC[N+]1=C(NCCC)N=C2C1C(=O)N(C)C(=O)N2C. The van der Waals surface area contributed by atoms with Crippen LogP contribution in [0.3, 0.4) is 0 Å². The molecule has 0 radical (unpaired) electrons. The molecule has 1 saturated heterocycles. The van der Waals surface area contributed by atoms with Crippen LogP contribution < -0.4 is 5.32 Å². The molecule has 3 amide bonds.